The minimum absolute atomic E-state index is 0.132. The molecule has 0 spiro atoms. The highest BCUT2D eigenvalue weighted by Crippen LogP contribution is 2.34. The van der Waals surface area contributed by atoms with Crippen molar-refractivity contribution in [1.82, 2.24) is 19.9 Å². The zero-order valence-corrected chi connectivity index (χ0v) is 18.4. The number of aromatic nitrogens is 3. The van der Waals surface area contributed by atoms with E-state index in [0.29, 0.717) is 5.95 Å². The molecule has 4 heterocycles. The van der Waals surface area contributed by atoms with Crippen molar-refractivity contribution in [3.63, 3.8) is 0 Å². The zero-order chi connectivity index (χ0) is 21.1. The van der Waals surface area contributed by atoms with Crippen molar-refractivity contribution in [3.8, 4) is 11.3 Å². The quantitative estimate of drug-likeness (QED) is 0.644. The molecule has 1 fully saturated rings. The Morgan fingerprint density at radius 2 is 2.03 bits per heavy atom. The molecule has 0 aromatic carbocycles. The Balaban J connectivity index is 1.56. The van der Waals surface area contributed by atoms with Crippen LogP contribution in [0.2, 0.25) is 0 Å². The minimum atomic E-state index is 0.132. The molecule has 6 nitrogen and oxygen atoms in total. The second-order valence-corrected chi connectivity index (χ2v) is 9.13. The minimum Gasteiger partial charge on any atom is -0.352 e. The summed E-state index contributed by atoms with van der Waals surface area (Å²) in [6.45, 7) is 7.65. The number of carbonyl (C=O) groups excluding carboxylic acids is 1. The number of likely N-dealkylation sites (tertiary alicyclic amines) is 1. The van der Waals surface area contributed by atoms with Gasteiger partial charge in [0.05, 0.1) is 17.0 Å². The van der Waals surface area contributed by atoms with Crippen LogP contribution in [0, 0.1) is 6.92 Å². The molecule has 0 atom stereocenters. The third-order valence-electron chi connectivity index (χ3n) is 5.32. The standard InChI is InChI=1S/C23H27N5OS/c1-15(2)26-23-25-13-19(20-6-4-5-9-24-20)21(27-23)17-7-10-28(11-8-17)22(29)18-12-16(3)30-14-18/h4-6,9,12-15,17H,7-8,10-11H2,1-3H3,(H,25,26,27). The van der Waals surface area contributed by atoms with Gasteiger partial charge in [-0.2, -0.15) is 0 Å². The predicted molar refractivity (Wildman–Crippen MR) is 121 cm³/mol. The summed E-state index contributed by atoms with van der Waals surface area (Å²) in [4.78, 5) is 29.8. The van der Waals surface area contributed by atoms with Gasteiger partial charge in [-0.25, -0.2) is 9.97 Å². The number of anilines is 1. The van der Waals surface area contributed by atoms with Crippen LogP contribution in [0.3, 0.4) is 0 Å². The van der Waals surface area contributed by atoms with Crippen LogP contribution >= 0.6 is 11.3 Å². The Kier molecular flexibility index (Phi) is 6.08. The van der Waals surface area contributed by atoms with E-state index in [1.807, 2.05) is 47.7 Å². The van der Waals surface area contributed by atoms with Gasteiger partial charge in [0.2, 0.25) is 5.95 Å². The topological polar surface area (TPSA) is 71.0 Å². The van der Waals surface area contributed by atoms with Crippen LogP contribution in [0.4, 0.5) is 5.95 Å². The van der Waals surface area contributed by atoms with Gasteiger partial charge < -0.3 is 10.2 Å². The third-order valence-corrected chi connectivity index (χ3v) is 6.18. The average molecular weight is 422 g/mol. The number of carbonyl (C=O) groups is 1. The molecule has 156 valence electrons. The fourth-order valence-electron chi connectivity index (χ4n) is 3.85. The summed E-state index contributed by atoms with van der Waals surface area (Å²) in [7, 11) is 0. The first-order valence-electron chi connectivity index (χ1n) is 10.4. The van der Waals surface area contributed by atoms with Crippen LogP contribution < -0.4 is 5.32 Å². The molecule has 1 aliphatic heterocycles. The van der Waals surface area contributed by atoms with Crippen molar-refractivity contribution in [2.45, 2.75) is 45.6 Å². The van der Waals surface area contributed by atoms with E-state index in [1.54, 1.807) is 17.5 Å². The fraction of sp³-hybridized carbons (Fsp3) is 0.391. The molecule has 0 radical (unpaired) electrons. The third kappa shape index (κ3) is 4.51. The molecule has 4 rings (SSSR count). The van der Waals surface area contributed by atoms with E-state index in [2.05, 4.69) is 29.1 Å². The Hall–Kier alpha value is -2.80. The van der Waals surface area contributed by atoms with E-state index in [1.165, 1.54) is 4.88 Å². The highest BCUT2D eigenvalue weighted by molar-refractivity contribution is 7.10. The number of aryl methyl sites for hydroxylation is 1. The molecule has 7 heteroatoms. The normalized spacial score (nSPS) is 14.9. The van der Waals surface area contributed by atoms with E-state index in [0.717, 1.165) is 48.4 Å². The first kappa shape index (κ1) is 20.5. The molecule has 0 saturated carbocycles. The Morgan fingerprint density at radius 1 is 1.23 bits per heavy atom. The Labute approximate surface area is 181 Å². The summed E-state index contributed by atoms with van der Waals surface area (Å²) in [5.74, 6) is 1.05. The lowest BCUT2D eigenvalue weighted by atomic mass is 9.89. The van der Waals surface area contributed by atoms with Crippen LogP contribution in [-0.4, -0.2) is 44.9 Å². The molecule has 1 saturated heterocycles. The maximum absolute atomic E-state index is 12.8. The Morgan fingerprint density at radius 3 is 2.67 bits per heavy atom. The molecule has 0 unspecified atom stereocenters. The Bertz CT molecular complexity index is 1010. The number of amides is 1. The summed E-state index contributed by atoms with van der Waals surface area (Å²) in [5, 5.41) is 5.26. The number of piperidine rings is 1. The van der Waals surface area contributed by atoms with Gasteiger partial charge in [0.15, 0.2) is 0 Å². The molecule has 1 aliphatic rings. The number of nitrogens with one attached hydrogen (secondary N) is 1. The van der Waals surface area contributed by atoms with Crippen molar-refractivity contribution in [1.29, 1.82) is 0 Å². The predicted octanol–water partition coefficient (Wildman–Crippen LogP) is 4.75. The van der Waals surface area contributed by atoms with Gasteiger partial charge in [-0.3, -0.25) is 9.78 Å². The number of rotatable bonds is 5. The monoisotopic (exact) mass is 421 g/mol. The van der Waals surface area contributed by atoms with Crippen molar-refractivity contribution in [2.75, 3.05) is 18.4 Å². The molecule has 1 amide bonds. The van der Waals surface area contributed by atoms with Crippen LogP contribution in [0.25, 0.3) is 11.3 Å². The summed E-state index contributed by atoms with van der Waals surface area (Å²) < 4.78 is 0. The molecule has 1 N–H and O–H groups in total. The van der Waals surface area contributed by atoms with Crippen LogP contribution in [0.15, 0.2) is 42.0 Å². The summed E-state index contributed by atoms with van der Waals surface area (Å²) in [6.07, 6.45) is 5.43. The molecular weight excluding hydrogens is 394 g/mol. The number of pyridine rings is 1. The van der Waals surface area contributed by atoms with Gasteiger partial charge >= 0.3 is 0 Å². The van der Waals surface area contributed by atoms with Gasteiger partial charge in [0.25, 0.3) is 5.91 Å². The second-order valence-electron chi connectivity index (χ2n) is 8.02. The van der Waals surface area contributed by atoms with E-state index in [-0.39, 0.29) is 17.9 Å². The van der Waals surface area contributed by atoms with Crippen LogP contribution in [0.5, 0.6) is 0 Å². The molecular formula is C23H27N5OS. The van der Waals surface area contributed by atoms with Crippen LogP contribution in [-0.2, 0) is 0 Å². The van der Waals surface area contributed by atoms with E-state index in [9.17, 15) is 4.79 Å². The number of nitrogens with zero attached hydrogens (tertiary/aromatic N) is 4. The number of hydrogen-bond donors (Lipinski definition) is 1. The van der Waals surface area contributed by atoms with Crippen molar-refractivity contribution >= 4 is 23.2 Å². The average Bonchev–Trinajstić information content (AvgIpc) is 3.20. The van der Waals surface area contributed by atoms with Gasteiger partial charge in [-0.15, -0.1) is 11.3 Å². The van der Waals surface area contributed by atoms with Gasteiger partial charge in [-0.05, 0) is 51.8 Å². The van der Waals surface area contributed by atoms with Gasteiger partial charge in [0, 0.05) is 53.3 Å². The maximum Gasteiger partial charge on any atom is 0.254 e. The van der Waals surface area contributed by atoms with Gasteiger partial charge in [0.1, 0.15) is 0 Å². The van der Waals surface area contributed by atoms with Crippen LogP contribution in [0.1, 0.15) is 53.5 Å². The zero-order valence-electron chi connectivity index (χ0n) is 17.6. The highest BCUT2D eigenvalue weighted by atomic mass is 32.1. The molecule has 0 bridgehead atoms. The second kappa shape index (κ2) is 8.92. The first-order chi connectivity index (χ1) is 14.5. The summed E-state index contributed by atoms with van der Waals surface area (Å²) in [6, 6.07) is 8.12. The van der Waals surface area contributed by atoms with Gasteiger partial charge in [-0.1, -0.05) is 6.07 Å². The lowest BCUT2D eigenvalue weighted by Crippen LogP contribution is -2.38. The lowest BCUT2D eigenvalue weighted by molar-refractivity contribution is 0.0712. The molecule has 3 aromatic rings. The molecule has 0 aliphatic carbocycles. The smallest absolute Gasteiger partial charge is 0.254 e. The lowest BCUT2D eigenvalue weighted by Gasteiger charge is -2.32. The molecule has 30 heavy (non-hydrogen) atoms. The first-order valence-corrected chi connectivity index (χ1v) is 11.3. The SMILES string of the molecule is Cc1cc(C(=O)N2CCC(c3nc(NC(C)C)ncc3-c3ccccn3)CC2)cs1. The number of thiophene rings is 1. The number of hydrogen-bond acceptors (Lipinski definition) is 6. The fourth-order valence-corrected chi connectivity index (χ4v) is 4.52. The largest absolute Gasteiger partial charge is 0.352 e. The van der Waals surface area contributed by atoms with E-state index in [4.69, 9.17) is 4.98 Å². The van der Waals surface area contributed by atoms with Crippen molar-refractivity contribution < 1.29 is 4.79 Å². The van der Waals surface area contributed by atoms with Crippen molar-refractivity contribution in [3.05, 3.63) is 58.2 Å². The van der Waals surface area contributed by atoms with E-state index < -0.39 is 0 Å². The highest BCUT2D eigenvalue weighted by Gasteiger charge is 2.28. The maximum atomic E-state index is 12.8. The van der Waals surface area contributed by atoms with E-state index >= 15 is 0 Å². The summed E-state index contributed by atoms with van der Waals surface area (Å²) >= 11 is 1.62. The molecule has 3 aromatic heterocycles. The summed E-state index contributed by atoms with van der Waals surface area (Å²) in [5.41, 5.74) is 3.68. The van der Waals surface area contributed by atoms with Crippen molar-refractivity contribution in [2.24, 2.45) is 0 Å².